The van der Waals surface area contributed by atoms with E-state index in [-0.39, 0.29) is 24.7 Å². The third-order valence-corrected chi connectivity index (χ3v) is 5.81. The van der Waals surface area contributed by atoms with Crippen LogP contribution in [0.4, 0.5) is 14.6 Å². The second-order valence-electron chi connectivity index (χ2n) is 8.20. The molecule has 1 saturated carbocycles. The van der Waals surface area contributed by atoms with Crippen molar-refractivity contribution in [1.29, 1.82) is 0 Å². The maximum atomic E-state index is 14.5. The van der Waals surface area contributed by atoms with E-state index >= 15 is 0 Å². The number of amides is 1. The quantitative estimate of drug-likeness (QED) is 0.696. The Morgan fingerprint density at radius 2 is 2.16 bits per heavy atom. The van der Waals surface area contributed by atoms with E-state index in [9.17, 15) is 18.4 Å². The van der Waals surface area contributed by atoms with E-state index in [1.165, 1.54) is 25.0 Å². The lowest BCUT2D eigenvalue weighted by Crippen LogP contribution is -2.52. The molecule has 2 fully saturated rings. The monoisotopic (exact) mass is 433 g/mol. The number of halogens is 2. The molecule has 2 aliphatic rings. The number of alkyl halides is 2. The number of hydrogen-bond acceptors (Lipinski definition) is 6. The van der Waals surface area contributed by atoms with E-state index in [0.29, 0.717) is 24.1 Å². The maximum absolute atomic E-state index is 14.5. The number of ether oxygens (including phenoxy) is 1. The Hall–Kier alpha value is -2.88. The number of anilines is 1. The number of rotatable bonds is 7. The third kappa shape index (κ3) is 5.25. The van der Waals surface area contributed by atoms with Gasteiger partial charge in [0.1, 0.15) is 11.6 Å². The van der Waals surface area contributed by atoms with Crippen molar-refractivity contribution in [3.8, 4) is 5.75 Å². The first kappa shape index (κ1) is 21.4. The van der Waals surface area contributed by atoms with Crippen LogP contribution in [0.1, 0.15) is 37.8 Å². The molecule has 31 heavy (non-hydrogen) atoms. The second-order valence-corrected chi connectivity index (χ2v) is 8.20. The van der Waals surface area contributed by atoms with Gasteiger partial charge in [-0.1, -0.05) is 0 Å². The Morgan fingerprint density at radius 1 is 1.35 bits per heavy atom. The summed E-state index contributed by atoms with van der Waals surface area (Å²) in [6.45, 7) is 2.36. The van der Waals surface area contributed by atoms with Gasteiger partial charge in [-0.05, 0) is 43.9 Å². The van der Waals surface area contributed by atoms with E-state index < -0.39 is 29.9 Å². The SMILES string of the molecule is C[C@@H](C(=O)Nc1ccc(OCC2CC2)cn1)N1CCC(F)(F)[C@@H](c2ccc(=O)[nH]n2)C1. The van der Waals surface area contributed by atoms with Crippen LogP contribution in [0.25, 0.3) is 0 Å². The minimum Gasteiger partial charge on any atom is -0.492 e. The Balaban J connectivity index is 1.37. The smallest absolute Gasteiger partial charge is 0.264 e. The van der Waals surface area contributed by atoms with E-state index in [1.54, 1.807) is 30.2 Å². The van der Waals surface area contributed by atoms with Crippen LogP contribution in [-0.4, -0.2) is 57.6 Å². The largest absolute Gasteiger partial charge is 0.492 e. The molecule has 0 aromatic carbocycles. The summed E-state index contributed by atoms with van der Waals surface area (Å²) in [5.74, 6) is -2.88. The van der Waals surface area contributed by atoms with E-state index in [0.717, 1.165) is 0 Å². The molecular weight excluding hydrogens is 408 g/mol. The summed E-state index contributed by atoms with van der Waals surface area (Å²) in [4.78, 5) is 29.8. The fourth-order valence-corrected chi connectivity index (χ4v) is 3.57. The van der Waals surface area contributed by atoms with Crippen LogP contribution in [0.15, 0.2) is 35.3 Å². The molecule has 1 aliphatic heterocycles. The van der Waals surface area contributed by atoms with Gasteiger partial charge < -0.3 is 10.1 Å². The molecule has 3 heterocycles. The van der Waals surface area contributed by atoms with Gasteiger partial charge in [0.25, 0.3) is 11.5 Å². The van der Waals surface area contributed by atoms with Gasteiger partial charge in [-0.15, -0.1) is 0 Å². The fraction of sp³-hybridized carbons (Fsp3) is 0.524. The van der Waals surface area contributed by atoms with Crippen molar-refractivity contribution in [1.82, 2.24) is 20.1 Å². The fourth-order valence-electron chi connectivity index (χ4n) is 3.57. The molecular formula is C21H25F2N5O3. The van der Waals surface area contributed by atoms with Crippen LogP contribution < -0.4 is 15.6 Å². The highest BCUT2D eigenvalue weighted by molar-refractivity contribution is 5.93. The molecule has 2 aromatic heterocycles. The average molecular weight is 433 g/mol. The lowest BCUT2D eigenvalue weighted by molar-refractivity contribution is -0.125. The summed E-state index contributed by atoms with van der Waals surface area (Å²) in [5, 5.41) is 8.71. The van der Waals surface area contributed by atoms with Crippen LogP contribution >= 0.6 is 0 Å². The van der Waals surface area contributed by atoms with Crippen LogP contribution in [-0.2, 0) is 4.79 Å². The maximum Gasteiger partial charge on any atom is 0.264 e. The van der Waals surface area contributed by atoms with Crippen LogP contribution in [0.2, 0.25) is 0 Å². The summed E-state index contributed by atoms with van der Waals surface area (Å²) in [6.07, 6.45) is 3.55. The van der Waals surface area contributed by atoms with Gasteiger partial charge in [-0.2, -0.15) is 5.10 Å². The lowest BCUT2D eigenvalue weighted by Gasteiger charge is -2.40. The zero-order chi connectivity index (χ0) is 22.0. The summed E-state index contributed by atoms with van der Waals surface area (Å²) >= 11 is 0. The zero-order valence-electron chi connectivity index (χ0n) is 17.2. The number of nitrogens with one attached hydrogen (secondary N) is 2. The molecule has 1 amide bonds. The highest BCUT2D eigenvalue weighted by Gasteiger charge is 2.47. The molecule has 1 aliphatic carbocycles. The van der Waals surface area contributed by atoms with E-state index in [1.807, 2.05) is 0 Å². The summed E-state index contributed by atoms with van der Waals surface area (Å²) < 4.78 is 34.7. The van der Waals surface area contributed by atoms with Crippen molar-refractivity contribution in [3.05, 3.63) is 46.5 Å². The average Bonchev–Trinajstić information content (AvgIpc) is 3.58. The number of nitrogens with zero attached hydrogens (tertiary/aromatic N) is 3. The molecule has 0 spiro atoms. The number of aromatic nitrogens is 3. The first-order valence-electron chi connectivity index (χ1n) is 10.4. The number of carbonyl (C=O) groups is 1. The molecule has 0 bridgehead atoms. The molecule has 2 atom stereocenters. The van der Waals surface area contributed by atoms with Crippen LogP contribution in [0, 0.1) is 5.92 Å². The molecule has 8 nitrogen and oxygen atoms in total. The van der Waals surface area contributed by atoms with Gasteiger partial charge >= 0.3 is 0 Å². The Morgan fingerprint density at radius 3 is 2.81 bits per heavy atom. The van der Waals surface area contributed by atoms with Crippen LogP contribution in [0.3, 0.4) is 0 Å². The number of H-pyrrole nitrogens is 1. The van der Waals surface area contributed by atoms with Gasteiger partial charge in [0.05, 0.1) is 30.5 Å². The highest BCUT2D eigenvalue weighted by atomic mass is 19.3. The van der Waals surface area contributed by atoms with Crippen molar-refractivity contribution in [3.63, 3.8) is 0 Å². The van der Waals surface area contributed by atoms with Gasteiger partial charge in [-0.3, -0.25) is 14.5 Å². The van der Waals surface area contributed by atoms with E-state index in [4.69, 9.17) is 4.74 Å². The van der Waals surface area contributed by atoms with Crippen molar-refractivity contribution in [2.75, 3.05) is 25.0 Å². The molecule has 0 unspecified atom stereocenters. The Bertz CT molecular complexity index is 957. The minimum absolute atomic E-state index is 0.0536. The topological polar surface area (TPSA) is 100 Å². The lowest BCUT2D eigenvalue weighted by atomic mass is 9.89. The number of carbonyl (C=O) groups excluding carboxylic acids is 1. The Kier molecular flexibility index (Phi) is 5.99. The molecule has 10 heteroatoms. The van der Waals surface area contributed by atoms with Gasteiger partial charge in [0, 0.05) is 25.6 Å². The van der Waals surface area contributed by atoms with Gasteiger partial charge in [0.2, 0.25) is 5.91 Å². The van der Waals surface area contributed by atoms with Crippen molar-refractivity contribution >= 4 is 11.7 Å². The number of pyridine rings is 1. The Labute approximate surface area is 178 Å². The highest BCUT2D eigenvalue weighted by Crippen LogP contribution is 2.39. The number of aromatic amines is 1. The number of piperidine rings is 1. The zero-order valence-corrected chi connectivity index (χ0v) is 17.2. The summed E-state index contributed by atoms with van der Waals surface area (Å²) in [6, 6.07) is 5.24. The van der Waals surface area contributed by atoms with Crippen molar-refractivity contribution in [2.45, 2.75) is 44.1 Å². The number of hydrogen-bond donors (Lipinski definition) is 2. The first-order valence-corrected chi connectivity index (χ1v) is 10.4. The normalized spacial score (nSPS) is 22.0. The predicted molar refractivity (Wildman–Crippen MR) is 109 cm³/mol. The molecule has 4 rings (SSSR count). The molecule has 2 N–H and O–H groups in total. The van der Waals surface area contributed by atoms with Gasteiger partial charge in [0.15, 0.2) is 0 Å². The molecule has 0 radical (unpaired) electrons. The number of likely N-dealkylation sites (tertiary alicyclic amines) is 1. The van der Waals surface area contributed by atoms with E-state index in [2.05, 4.69) is 20.5 Å². The predicted octanol–water partition coefficient (Wildman–Crippen LogP) is 2.41. The standard InChI is InChI=1S/C21H25F2N5O3/c1-13(20(30)25-18-6-4-15(10-24-18)31-12-14-2-3-14)28-9-8-21(22,23)16(11-28)17-5-7-19(29)27-26-17/h4-7,10,13-14,16H,2-3,8-9,11-12H2,1H3,(H,27,29)(H,24,25,30)/t13-,16+/m0/s1. The van der Waals surface area contributed by atoms with Crippen molar-refractivity contribution in [2.24, 2.45) is 5.92 Å². The van der Waals surface area contributed by atoms with Crippen LogP contribution in [0.5, 0.6) is 5.75 Å². The minimum atomic E-state index is -2.98. The summed E-state index contributed by atoms with van der Waals surface area (Å²) in [5.41, 5.74) is -0.353. The first-order chi connectivity index (χ1) is 14.8. The summed E-state index contributed by atoms with van der Waals surface area (Å²) in [7, 11) is 0. The molecule has 2 aromatic rings. The van der Waals surface area contributed by atoms with Crippen molar-refractivity contribution < 1.29 is 18.3 Å². The third-order valence-electron chi connectivity index (χ3n) is 5.81. The molecule has 1 saturated heterocycles. The molecule has 166 valence electrons. The second kappa shape index (κ2) is 8.70. The van der Waals surface area contributed by atoms with Gasteiger partial charge in [-0.25, -0.2) is 18.9 Å².